The van der Waals surface area contributed by atoms with Gasteiger partial charge < -0.3 is 14.8 Å². The largest absolute Gasteiger partial charge is 0.436 e. The molecule has 0 bridgehead atoms. The topological polar surface area (TPSA) is 43.4 Å². The Morgan fingerprint density at radius 3 is 2.81 bits per heavy atom. The number of hydrogen-bond donors (Lipinski definition) is 1. The van der Waals surface area contributed by atoms with Crippen LogP contribution < -0.4 is 10.1 Å². The molecule has 0 saturated heterocycles. The Labute approximate surface area is 123 Å². The van der Waals surface area contributed by atoms with Crippen LogP contribution in [0.2, 0.25) is 0 Å². The van der Waals surface area contributed by atoms with E-state index in [1.807, 2.05) is 13.0 Å². The van der Waals surface area contributed by atoms with Crippen molar-refractivity contribution in [2.24, 2.45) is 0 Å². The number of aromatic nitrogens is 1. The van der Waals surface area contributed by atoms with Crippen LogP contribution in [-0.4, -0.2) is 25.2 Å². The Morgan fingerprint density at radius 1 is 1.24 bits per heavy atom. The van der Waals surface area contributed by atoms with Crippen LogP contribution in [0.3, 0.4) is 0 Å². The summed E-state index contributed by atoms with van der Waals surface area (Å²) in [5.41, 5.74) is 1.97. The van der Waals surface area contributed by atoms with Gasteiger partial charge in [0.15, 0.2) is 11.6 Å². The maximum absolute atomic E-state index is 13.6. The molecule has 0 unspecified atom stereocenters. The number of pyridine rings is 1. The first-order valence-corrected chi connectivity index (χ1v) is 6.77. The van der Waals surface area contributed by atoms with Gasteiger partial charge >= 0.3 is 0 Å². The Balaban J connectivity index is 1.94. The quantitative estimate of drug-likeness (QED) is 0.796. The third-order valence-corrected chi connectivity index (χ3v) is 2.91. The fraction of sp³-hybridized carbons (Fsp3) is 0.312. The van der Waals surface area contributed by atoms with E-state index in [-0.39, 0.29) is 5.75 Å². The first kappa shape index (κ1) is 15.4. The highest BCUT2D eigenvalue weighted by Crippen LogP contribution is 2.23. The van der Waals surface area contributed by atoms with E-state index < -0.39 is 5.82 Å². The van der Waals surface area contributed by atoms with Crippen LogP contribution in [0.1, 0.15) is 11.1 Å². The number of nitrogens with one attached hydrogen (secondary N) is 1. The van der Waals surface area contributed by atoms with E-state index in [2.05, 4.69) is 10.3 Å². The molecule has 1 aromatic heterocycles. The fourth-order valence-corrected chi connectivity index (χ4v) is 1.78. The number of halogens is 1. The molecule has 0 saturated carbocycles. The maximum atomic E-state index is 13.6. The number of rotatable bonds is 7. The molecule has 0 spiro atoms. The third kappa shape index (κ3) is 4.81. The zero-order valence-electron chi connectivity index (χ0n) is 12.2. The van der Waals surface area contributed by atoms with Crippen LogP contribution in [0.4, 0.5) is 4.39 Å². The van der Waals surface area contributed by atoms with Crippen molar-refractivity contribution in [3.05, 3.63) is 53.5 Å². The lowest BCUT2D eigenvalue weighted by atomic mass is 10.2. The van der Waals surface area contributed by atoms with Gasteiger partial charge in [0.25, 0.3) is 0 Å². The van der Waals surface area contributed by atoms with E-state index >= 15 is 0 Å². The Bertz CT molecular complexity index is 573. The van der Waals surface area contributed by atoms with Crippen molar-refractivity contribution >= 4 is 0 Å². The van der Waals surface area contributed by atoms with E-state index in [0.29, 0.717) is 19.0 Å². The van der Waals surface area contributed by atoms with Gasteiger partial charge in [-0.25, -0.2) is 9.37 Å². The summed E-state index contributed by atoms with van der Waals surface area (Å²) < 4.78 is 24.0. The van der Waals surface area contributed by atoms with Gasteiger partial charge in [0, 0.05) is 32.5 Å². The van der Waals surface area contributed by atoms with E-state index in [4.69, 9.17) is 9.47 Å². The molecule has 21 heavy (non-hydrogen) atoms. The predicted molar refractivity (Wildman–Crippen MR) is 79.0 cm³/mol. The summed E-state index contributed by atoms with van der Waals surface area (Å²) in [5, 5.41) is 3.22. The minimum absolute atomic E-state index is 0.188. The highest BCUT2D eigenvalue weighted by molar-refractivity contribution is 5.32. The second-order valence-corrected chi connectivity index (χ2v) is 4.71. The monoisotopic (exact) mass is 290 g/mol. The molecule has 0 atom stereocenters. The van der Waals surface area contributed by atoms with Crippen LogP contribution in [0.15, 0.2) is 36.5 Å². The maximum Gasteiger partial charge on any atom is 0.219 e. The molecule has 0 fully saturated rings. The van der Waals surface area contributed by atoms with Crippen molar-refractivity contribution in [1.82, 2.24) is 10.3 Å². The summed E-state index contributed by atoms with van der Waals surface area (Å²) in [7, 11) is 1.67. The number of hydrogen-bond acceptors (Lipinski definition) is 4. The minimum atomic E-state index is -0.396. The van der Waals surface area contributed by atoms with Gasteiger partial charge in [0.2, 0.25) is 5.88 Å². The molecule has 0 aliphatic carbocycles. The van der Waals surface area contributed by atoms with Crippen molar-refractivity contribution in [2.45, 2.75) is 13.5 Å². The molecule has 1 aromatic carbocycles. The van der Waals surface area contributed by atoms with E-state index in [1.54, 1.807) is 31.5 Å². The summed E-state index contributed by atoms with van der Waals surface area (Å²) >= 11 is 0. The molecule has 4 nitrogen and oxygen atoms in total. The first-order valence-electron chi connectivity index (χ1n) is 6.77. The summed E-state index contributed by atoms with van der Waals surface area (Å²) in [5.74, 6) is 0.168. The van der Waals surface area contributed by atoms with E-state index in [1.165, 1.54) is 6.07 Å². The van der Waals surface area contributed by atoms with E-state index in [0.717, 1.165) is 17.7 Å². The molecular formula is C16H19FN2O2. The average molecular weight is 290 g/mol. The average Bonchev–Trinajstić information content (AvgIpc) is 2.49. The lowest BCUT2D eigenvalue weighted by Gasteiger charge is -2.08. The van der Waals surface area contributed by atoms with Crippen molar-refractivity contribution in [3.63, 3.8) is 0 Å². The molecule has 112 valence electrons. The number of nitrogens with zero attached hydrogens (tertiary/aromatic N) is 1. The summed E-state index contributed by atoms with van der Waals surface area (Å²) in [6.45, 7) is 4.04. The zero-order chi connectivity index (χ0) is 15.1. The van der Waals surface area contributed by atoms with Gasteiger partial charge in [-0.1, -0.05) is 12.1 Å². The third-order valence-electron chi connectivity index (χ3n) is 2.91. The van der Waals surface area contributed by atoms with Crippen LogP contribution in [0, 0.1) is 12.7 Å². The highest BCUT2D eigenvalue weighted by Gasteiger charge is 2.06. The standard InChI is InChI=1S/C16H19FN2O2/c1-12-3-5-14(17)15(9-12)21-16-6-4-13(11-19-16)10-18-7-8-20-2/h3-6,9,11,18H,7-8,10H2,1-2H3. The molecule has 1 heterocycles. The second kappa shape index (κ2) is 7.71. The van der Waals surface area contributed by atoms with Crippen LogP contribution in [0.25, 0.3) is 0 Å². The normalized spacial score (nSPS) is 10.6. The highest BCUT2D eigenvalue weighted by atomic mass is 19.1. The van der Waals surface area contributed by atoms with Gasteiger partial charge in [-0.2, -0.15) is 0 Å². The lowest BCUT2D eigenvalue weighted by Crippen LogP contribution is -2.18. The second-order valence-electron chi connectivity index (χ2n) is 4.71. The number of benzene rings is 1. The summed E-state index contributed by atoms with van der Waals surface area (Å²) in [4.78, 5) is 4.18. The summed E-state index contributed by atoms with van der Waals surface area (Å²) in [6.07, 6.45) is 1.71. The van der Waals surface area contributed by atoms with Crippen molar-refractivity contribution in [1.29, 1.82) is 0 Å². The van der Waals surface area contributed by atoms with E-state index in [9.17, 15) is 4.39 Å². The minimum Gasteiger partial charge on any atom is -0.436 e. The number of methoxy groups -OCH3 is 1. The molecule has 1 N–H and O–H groups in total. The van der Waals surface area contributed by atoms with Crippen molar-refractivity contribution in [2.75, 3.05) is 20.3 Å². The van der Waals surface area contributed by atoms with Gasteiger partial charge in [-0.05, 0) is 30.2 Å². The molecule has 0 radical (unpaired) electrons. The SMILES string of the molecule is COCCNCc1ccc(Oc2cc(C)ccc2F)nc1. The van der Waals surface area contributed by atoms with Gasteiger partial charge in [0.1, 0.15) is 0 Å². The van der Waals surface area contributed by atoms with Crippen LogP contribution >= 0.6 is 0 Å². The predicted octanol–water partition coefficient (Wildman–Crippen LogP) is 3.06. The smallest absolute Gasteiger partial charge is 0.219 e. The molecule has 5 heteroatoms. The Morgan fingerprint density at radius 2 is 2.10 bits per heavy atom. The summed E-state index contributed by atoms with van der Waals surface area (Å²) in [6, 6.07) is 8.37. The van der Waals surface area contributed by atoms with Gasteiger partial charge in [0.05, 0.1) is 6.61 Å². The van der Waals surface area contributed by atoms with Crippen LogP contribution in [0.5, 0.6) is 11.6 Å². The molecule has 2 rings (SSSR count). The fourth-order valence-electron chi connectivity index (χ4n) is 1.78. The number of aryl methyl sites for hydroxylation is 1. The molecule has 2 aromatic rings. The Hall–Kier alpha value is -1.98. The van der Waals surface area contributed by atoms with Crippen molar-refractivity contribution in [3.8, 4) is 11.6 Å². The van der Waals surface area contributed by atoms with Gasteiger partial charge in [-0.3, -0.25) is 0 Å². The van der Waals surface area contributed by atoms with Crippen molar-refractivity contribution < 1.29 is 13.9 Å². The van der Waals surface area contributed by atoms with Crippen LogP contribution in [-0.2, 0) is 11.3 Å². The van der Waals surface area contributed by atoms with Gasteiger partial charge in [-0.15, -0.1) is 0 Å². The molecule has 0 aliphatic rings. The first-order chi connectivity index (χ1) is 10.2. The lowest BCUT2D eigenvalue weighted by molar-refractivity contribution is 0.199. The molecule has 0 aliphatic heterocycles. The molecule has 0 amide bonds. The number of ether oxygens (including phenoxy) is 2. The zero-order valence-corrected chi connectivity index (χ0v) is 12.2. The Kier molecular flexibility index (Phi) is 5.66. The molecular weight excluding hydrogens is 271 g/mol.